The van der Waals surface area contributed by atoms with E-state index in [4.69, 9.17) is 11.6 Å². The van der Waals surface area contributed by atoms with Crippen LogP contribution in [0.15, 0.2) is 41.1 Å². The monoisotopic (exact) mass is 390 g/mol. The fourth-order valence-corrected chi connectivity index (χ4v) is 3.83. The van der Waals surface area contributed by atoms with Gasteiger partial charge in [-0.05, 0) is 56.4 Å². The third kappa shape index (κ3) is 5.11. The van der Waals surface area contributed by atoms with E-state index >= 15 is 0 Å². The zero-order chi connectivity index (χ0) is 18.4. The summed E-state index contributed by atoms with van der Waals surface area (Å²) in [5.74, 6) is 1.13. The van der Waals surface area contributed by atoms with Crippen LogP contribution in [0.4, 0.5) is 0 Å². The van der Waals surface area contributed by atoms with E-state index < -0.39 is 0 Å². The van der Waals surface area contributed by atoms with Crippen LogP contribution in [0.1, 0.15) is 32.1 Å². The summed E-state index contributed by atoms with van der Waals surface area (Å²) in [5, 5.41) is 12.8. The Kier molecular flexibility index (Phi) is 6.74. The third-order valence-corrected chi connectivity index (χ3v) is 5.70. The van der Waals surface area contributed by atoms with Gasteiger partial charge in [0, 0.05) is 24.2 Å². The minimum atomic E-state index is 0.0300. The molecule has 5 nitrogen and oxygen atoms in total. The molecule has 1 aromatic carbocycles. The number of aromatic nitrogens is 3. The molecule has 1 aromatic heterocycles. The molecule has 3 rings (SSSR count). The molecular weight excluding hydrogens is 368 g/mol. The minimum Gasteiger partial charge on any atom is -0.355 e. The summed E-state index contributed by atoms with van der Waals surface area (Å²) in [6.07, 6.45) is 8.21. The number of carbonyl (C=O) groups is 1. The summed E-state index contributed by atoms with van der Waals surface area (Å²) < 4.78 is 1.90. The fraction of sp³-hybridized carbons (Fsp3) is 0.421. The lowest BCUT2D eigenvalue weighted by molar-refractivity contribution is -0.118. The first-order valence-corrected chi connectivity index (χ1v) is 10.2. The molecule has 0 radical (unpaired) electrons. The van der Waals surface area contributed by atoms with Crippen LogP contribution in [0.25, 0.3) is 11.4 Å². The predicted octanol–water partition coefficient (Wildman–Crippen LogP) is 4.23. The van der Waals surface area contributed by atoms with Crippen molar-refractivity contribution in [2.45, 2.75) is 37.3 Å². The molecule has 0 spiro atoms. The lowest BCUT2D eigenvalue weighted by Gasteiger charge is -2.12. The van der Waals surface area contributed by atoms with E-state index in [9.17, 15) is 4.79 Å². The van der Waals surface area contributed by atoms with Gasteiger partial charge >= 0.3 is 0 Å². The van der Waals surface area contributed by atoms with E-state index in [2.05, 4.69) is 21.6 Å². The third-order valence-electron chi connectivity index (χ3n) is 4.42. The standard InChI is InChI=1S/C19H23ClN4OS/c1-24-18(15-7-9-16(20)10-8-15)22-23-19(24)26-13-17(25)21-12-11-14-5-3-2-4-6-14/h5,7-10H,2-4,6,11-13H2,1H3,(H,21,25). The van der Waals surface area contributed by atoms with Crippen molar-refractivity contribution in [3.05, 3.63) is 40.9 Å². The second-order valence-electron chi connectivity index (χ2n) is 6.37. The van der Waals surface area contributed by atoms with Crippen LogP contribution in [-0.4, -0.2) is 33.0 Å². The van der Waals surface area contributed by atoms with E-state index in [0.717, 1.165) is 23.0 Å². The number of rotatable bonds is 7. The zero-order valence-corrected chi connectivity index (χ0v) is 16.4. The molecule has 2 aromatic rings. The van der Waals surface area contributed by atoms with Crippen LogP contribution >= 0.6 is 23.4 Å². The number of halogens is 1. The van der Waals surface area contributed by atoms with Gasteiger partial charge in [0.05, 0.1) is 5.75 Å². The van der Waals surface area contributed by atoms with Crippen molar-refractivity contribution in [1.82, 2.24) is 20.1 Å². The first-order valence-electron chi connectivity index (χ1n) is 8.86. The van der Waals surface area contributed by atoms with Gasteiger partial charge in [0.2, 0.25) is 5.91 Å². The number of allylic oxidation sites excluding steroid dienone is 1. The SMILES string of the molecule is Cn1c(SCC(=O)NCCC2=CCCCC2)nnc1-c1ccc(Cl)cc1. The van der Waals surface area contributed by atoms with Crippen molar-refractivity contribution >= 4 is 29.3 Å². The largest absolute Gasteiger partial charge is 0.355 e. The second kappa shape index (κ2) is 9.24. The van der Waals surface area contributed by atoms with Gasteiger partial charge < -0.3 is 9.88 Å². The first-order chi connectivity index (χ1) is 12.6. The van der Waals surface area contributed by atoms with Crippen molar-refractivity contribution in [3.8, 4) is 11.4 Å². The zero-order valence-electron chi connectivity index (χ0n) is 14.9. The molecule has 26 heavy (non-hydrogen) atoms. The van der Waals surface area contributed by atoms with Crippen LogP contribution in [0.3, 0.4) is 0 Å². The van der Waals surface area contributed by atoms with Gasteiger partial charge in [0.25, 0.3) is 0 Å². The Labute approximate surface area is 163 Å². The number of amides is 1. The summed E-state index contributed by atoms with van der Waals surface area (Å²) >= 11 is 7.32. The molecule has 0 atom stereocenters. The Morgan fingerprint density at radius 2 is 2.08 bits per heavy atom. The quantitative estimate of drug-likeness (QED) is 0.567. The number of benzene rings is 1. The normalized spacial score (nSPS) is 14.2. The van der Waals surface area contributed by atoms with Gasteiger partial charge in [-0.15, -0.1) is 10.2 Å². The summed E-state index contributed by atoms with van der Waals surface area (Å²) in [5.41, 5.74) is 2.42. The number of carbonyl (C=O) groups excluding carboxylic acids is 1. The maximum Gasteiger partial charge on any atom is 0.230 e. The molecule has 0 saturated heterocycles. The van der Waals surface area contributed by atoms with Crippen LogP contribution in [0, 0.1) is 0 Å². The lowest BCUT2D eigenvalue weighted by Crippen LogP contribution is -2.26. The summed E-state index contributed by atoms with van der Waals surface area (Å²) in [4.78, 5) is 12.1. The topological polar surface area (TPSA) is 59.8 Å². The fourth-order valence-electron chi connectivity index (χ4n) is 2.97. The summed E-state index contributed by atoms with van der Waals surface area (Å²) in [6, 6.07) is 7.47. The Balaban J connectivity index is 1.47. The average molecular weight is 391 g/mol. The molecule has 7 heteroatoms. The predicted molar refractivity (Wildman–Crippen MR) is 106 cm³/mol. The number of hydrogen-bond donors (Lipinski definition) is 1. The van der Waals surface area contributed by atoms with Gasteiger partial charge in [0.1, 0.15) is 0 Å². The molecule has 1 aliphatic carbocycles. The number of nitrogens with zero attached hydrogens (tertiary/aromatic N) is 3. The molecule has 1 heterocycles. The molecule has 1 aliphatic rings. The maximum absolute atomic E-state index is 12.1. The Bertz CT molecular complexity index is 785. The Morgan fingerprint density at radius 3 is 2.81 bits per heavy atom. The highest BCUT2D eigenvalue weighted by atomic mass is 35.5. The molecule has 1 amide bonds. The van der Waals surface area contributed by atoms with Crippen molar-refractivity contribution in [2.75, 3.05) is 12.3 Å². The molecule has 0 aliphatic heterocycles. The minimum absolute atomic E-state index is 0.0300. The van der Waals surface area contributed by atoms with Gasteiger partial charge in [-0.25, -0.2) is 0 Å². The number of thioether (sulfide) groups is 1. The molecule has 1 N–H and O–H groups in total. The second-order valence-corrected chi connectivity index (χ2v) is 7.75. The van der Waals surface area contributed by atoms with Crippen LogP contribution in [-0.2, 0) is 11.8 Å². The van der Waals surface area contributed by atoms with Crippen molar-refractivity contribution in [3.63, 3.8) is 0 Å². The lowest BCUT2D eigenvalue weighted by atomic mass is 9.97. The number of hydrogen-bond acceptors (Lipinski definition) is 4. The van der Waals surface area contributed by atoms with E-state index in [1.54, 1.807) is 0 Å². The van der Waals surface area contributed by atoms with E-state index in [-0.39, 0.29) is 5.91 Å². The molecule has 138 valence electrons. The number of nitrogens with one attached hydrogen (secondary N) is 1. The van der Waals surface area contributed by atoms with Crippen molar-refractivity contribution < 1.29 is 4.79 Å². The highest BCUT2D eigenvalue weighted by Crippen LogP contribution is 2.24. The van der Waals surface area contributed by atoms with E-state index in [1.807, 2.05) is 35.9 Å². The van der Waals surface area contributed by atoms with Gasteiger partial charge in [-0.3, -0.25) is 4.79 Å². The van der Waals surface area contributed by atoms with Crippen molar-refractivity contribution in [2.24, 2.45) is 7.05 Å². The van der Waals surface area contributed by atoms with Gasteiger partial charge in [0.15, 0.2) is 11.0 Å². The van der Waals surface area contributed by atoms with E-state index in [1.165, 1.54) is 43.0 Å². The summed E-state index contributed by atoms with van der Waals surface area (Å²) in [6.45, 7) is 0.708. The molecule has 0 unspecified atom stereocenters. The van der Waals surface area contributed by atoms with Crippen LogP contribution in [0.2, 0.25) is 5.02 Å². The van der Waals surface area contributed by atoms with Crippen molar-refractivity contribution in [1.29, 1.82) is 0 Å². The highest BCUT2D eigenvalue weighted by molar-refractivity contribution is 7.99. The first kappa shape index (κ1) is 19.0. The van der Waals surface area contributed by atoms with Crippen LogP contribution in [0.5, 0.6) is 0 Å². The molecule has 0 saturated carbocycles. The molecular formula is C19H23ClN4OS. The van der Waals surface area contributed by atoms with Gasteiger partial charge in [-0.2, -0.15) is 0 Å². The summed E-state index contributed by atoms with van der Waals surface area (Å²) in [7, 11) is 1.90. The smallest absolute Gasteiger partial charge is 0.230 e. The molecule has 0 fully saturated rings. The van der Waals surface area contributed by atoms with E-state index in [0.29, 0.717) is 17.3 Å². The average Bonchev–Trinajstić information content (AvgIpc) is 3.02. The Hall–Kier alpha value is -1.79. The maximum atomic E-state index is 12.1. The highest BCUT2D eigenvalue weighted by Gasteiger charge is 2.13. The Morgan fingerprint density at radius 1 is 1.27 bits per heavy atom. The molecule has 0 bridgehead atoms. The van der Waals surface area contributed by atoms with Crippen LogP contribution < -0.4 is 5.32 Å². The van der Waals surface area contributed by atoms with Gasteiger partial charge in [-0.1, -0.05) is 35.0 Å².